The first-order valence-corrected chi connectivity index (χ1v) is 5.75. The van der Waals surface area contributed by atoms with Crippen LogP contribution in [0, 0.1) is 5.82 Å². The minimum Gasteiger partial charge on any atom is -0.508 e. The van der Waals surface area contributed by atoms with Crippen molar-refractivity contribution in [3.8, 4) is 11.5 Å². The van der Waals surface area contributed by atoms with Crippen LogP contribution < -0.4 is 5.32 Å². The Morgan fingerprint density at radius 3 is 2.55 bits per heavy atom. The number of aromatic carboxylic acids is 1. The highest BCUT2D eigenvalue weighted by molar-refractivity contribution is 5.89. The van der Waals surface area contributed by atoms with E-state index in [1.807, 2.05) is 0 Å². The highest BCUT2D eigenvalue weighted by Gasteiger charge is 2.11. The zero-order valence-corrected chi connectivity index (χ0v) is 10.3. The fourth-order valence-electron chi connectivity index (χ4n) is 1.70. The van der Waals surface area contributed by atoms with E-state index in [2.05, 4.69) is 5.32 Å². The number of anilines is 1. The molecule has 0 aliphatic rings. The Morgan fingerprint density at radius 1 is 1.15 bits per heavy atom. The molecule has 0 bridgehead atoms. The van der Waals surface area contributed by atoms with Gasteiger partial charge in [0.05, 0.1) is 5.56 Å². The Balaban J connectivity index is 2.15. The molecule has 0 unspecified atom stereocenters. The number of carboxylic acids is 1. The van der Waals surface area contributed by atoms with Gasteiger partial charge in [-0.1, -0.05) is 0 Å². The van der Waals surface area contributed by atoms with Gasteiger partial charge in [0.1, 0.15) is 17.3 Å². The Kier molecular flexibility index (Phi) is 3.74. The average Bonchev–Trinajstić information content (AvgIpc) is 2.39. The number of aromatic hydroxyl groups is 2. The first kappa shape index (κ1) is 13.7. The van der Waals surface area contributed by atoms with Gasteiger partial charge in [0.2, 0.25) is 0 Å². The highest BCUT2D eigenvalue weighted by atomic mass is 19.1. The zero-order chi connectivity index (χ0) is 14.7. The molecule has 0 radical (unpaired) electrons. The molecule has 0 saturated carbocycles. The number of rotatable bonds is 4. The summed E-state index contributed by atoms with van der Waals surface area (Å²) in [7, 11) is 0. The number of halogens is 1. The predicted molar refractivity (Wildman–Crippen MR) is 70.5 cm³/mol. The molecule has 20 heavy (non-hydrogen) atoms. The number of hydrogen-bond acceptors (Lipinski definition) is 4. The molecule has 6 heteroatoms. The van der Waals surface area contributed by atoms with E-state index in [-0.39, 0.29) is 18.0 Å². The highest BCUT2D eigenvalue weighted by Crippen LogP contribution is 2.24. The van der Waals surface area contributed by atoms with Crippen LogP contribution in [0.5, 0.6) is 11.5 Å². The molecule has 2 aromatic carbocycles. The number of phenolic OH excluding ortho intramolecular Hbond substituents is 2. The lowest BCUT2D eigenvalue weighted by atomic mass is 10.1. The molecule has 0 aromatic heterocycles. The summed E-state index contributed by atoms with van der Waals surface area (Å²) >= 11 is 0. The van der Waals surface area contributed by atoms with Gasteiger partial charge in [0.15, 0.2) is 0 Å². The lowest BCUT2D eigenvalue weighted by molar-refractivity contribution is 0.0692. The van der Waals surface area contributed by atoms with Crippen LogP contribution in [0.1, 0.15) is 15.9 Å². The van der Waals surface area contributed by atoms with E-state index < -0.39 is 17.3 Å². The molecule has 0 atom stereocenters. The second kappa shape index (κ2) is 5.48. The lowest BCUT2D eigenvalue weighted by Crippen LogP contribution is -2.04. The molecule has 0 aliphatic heterocycles. The summed E-state index contributed by atoms with van der Waals surface area (Å²) in [4.78, 5) is 10.8. The van der Waals surface area contributed by atoms with Crippen LogP contribution in [0.2, 0.25) is 0 Å². The number of carboxylic acid groups (broad SMARTS) is 1. The van der Waals surface area contributed by atoms with Gasteiger partial charge in [-0.3, -0.25) is 0 Å². The topological polar surface area (TPSA) is 89.8 Å². The molecule has 0 aliphatic carbocycles. The molecule has 0 saturated heterocycles. The first-order chi connectivity index (χ1) is 9.47. The van der Waals surface area contributed by atoms with Crippen molar-refractivity contribution in [3.05, 3.63) is 53.3 Å². The molecule has 2 rings (SSSR count). The fraction of sp³-hybridized carbons (Fsp3) is 0.0714. The Hall–Kier alpha value is -2.76. The van der Waals surface area contributed by atoms with E-state index in [1.165, 1.54) is 30.3 Å². The third-order valence-corrected chi connectivity index (χ3v) is 2.75. The van der Waals surface area contributed by atoms with Gasteiger partial charge in [-0.05, 0) is 30.3 Å². The maximum absolute atomic E-state index is 13.2. The van der Waals surface area contributed by atoms with Crippen LogP contribution in [0.25, 0.3) is 0 Å². The van der Waals surface area contributed by atoms with Gasteiger partial charge in [-0.25, -0.2) is 9.18 Å². The van der Waals surface area contributed by atoms with Gasteiger partial charge in [-0.2, -0.15) is 0 Å². The predicted octanol–water partition coefficient (Wildman–Crippen LogP) is 2.55. The van der Waals surface area contributed by atoms with Crippen molar-refractivity contribution in [2.75, 3.05) is 5.32 Å². The molecule has 5 nitrogen and oxygen atoms in total. The monoisotopic (exact) mass is 277 g/mol. The zero-order valence-electron chi connectivity index (χ0n) is 10.3. The van der Waals surface area contributed by atoms with Crippen molar-refractivity contribution in [3.63, 3.8) is 0 Å². The summed E-state index contributed by atoms with van der Waals surface area (Å²) in [5.74, 6) is -2.30. The van der Waals surface area contributed by atoms with Gasteiger partial charge in [-0.15, -0.1) is 0 Å². The SMILES string of the molecule is O=C(O)c1cc(NCc2ccc(O)cc2O)ccc1F. The van der Waals surface area contributed by atoms with Crippen molar-refractivity contribution in [2.45, 2.75) is 6.54 Å². The molecular formula is C14H12FNO4. The van der Waals surface area contributed by atoms with Crippen LogP contribution in [0.3, 0.4) is 0 Å². The van der Waals surface area contributed by atoms with Gasteiger partial charge < -0.3 is 20.6 Å². The van der Waals surface area contributed by atoms with Crippen molar-refractivity contribution in [1.82, 2.24) is 0 Å². The molecular weight excluding hydrogens is 265 g/mol. The number of carbonyl (C=O) groups is 1. The van der Waals surface area contributed by atoms with E-state index in [0.29, 0.717) is 11.3 Å². The van der Waals surface area contributed by atoms with Crippen molar-refractivity contribution in [1.29, 1.82) is 0 Å². The van der Waals surface area contributed by atoms with Crippen LogP contribution in [0.15, 0.2) is 36.4 Å². The van der Waals surface area contributed by atoms with Crippen molar-refractivity contribution in [2.24, 2.45) is 0 Å². The van der Waals surface area contributed by atoms with Crippen LogP contribution in [-0.2, 0) is 6.54 Å². The smallest absolute Gasteiger partial charge is 0.338 e. The summed E-state index contributed by atoms with van der Waals surface area (Å²) in [6.45, 7) is 0.205. The van der Waals surface area contributed by atoms with Crippen LogP contribution >= 0.6 is 0 Å². The van der Waals surface area contributed by atoms with E-state index in [1.54, 1.807) is 0 Å². The summed E-state index contributed by atoms with van der Waals surface area (Å²) in [6.07, 6.45) is 0. The number of nitrogens with one attached hydrogen (secondary N) is 1. The van der Waals surface area contributed by atoms with Crippen molar-refractivity contribution < 1.29 is 24.5 Å². The molecule has 2 aromatic rings. The van der Waals surface area contributed by atoms with Gasteiger partial charge in [0, 0.05) is 23.9 Å². The Labute approximate surface area is 113 Å². The third kappa shape index (κ3) is 2.97. The van der Waals surface area contributed by atoms with E-state index >= 15 is 0 Å². The second-order valence-electron chi connectivity index (χ2n) is 4.17. The maximum atomic E-state index is 13.2. The minimum absolute atomic E-state index is 0.0544. The largest absolute Gasteiger partial charge is 0.508 e. The van der Waals surface area contributed by atoms with Gasteiger partial charge in [0.25, 0.3) is 0 Å². The van der Waals surface area contributed by atoms with Crippen molar-refractivity contribution >= 4 is 11.7 Å². The molecule has 104 valence electrons. The van der Waals surface area contributed by atoms with E-state index in [0.717, 1.165) is 6.07 Å². The third-order valence-electron chi connectivity index (χ3n) is 2.75. The quantitative estimate of drug-likeness (QED) is 0.689. The van der Waals surface area contributed by atoms with E-state index in [4.69, 9.17) is 10.2 Å². The summed E-state index contributed by atoms with van der Waals surface area (Å²) < 4.78 is 13.2. The second-order valence-corrected chi connectivity index (χ2v) is 4.17. The normalized spacial score (nSPS) is 10.2. The molecule has 4 N–H and O–H groups in total. The van der Waals surface area contributed by atoms with Crippen LogP contribution in [0.4, 0.5) is 10.1 Å². The molecule has 0 amide bonds. The average molecular weight is 277 g/mol. The minimum atomic E-state index is -1.35. The van der Waals surface area contributed by atoms with Crippen LogP contribution in [-0.4, -0.2) is 21.3 Å². The Morgan fingerprint density at radius 2 is 1.90 bits per heavy atom. The fourth-order valence-corrected chi connectivity index (χ4v) is 1.70. The molecule has 0 spiro atoms. The summed E-state index contributed by atoms with van der Waals surface area (Å²) in [6, 6.07) is 7.78. The Bertz CT molecular complexity index is 658. The van der Waals surface area contributed by atoms with Gasteiger partial charge >= 0.3 is 5.97 Å². The standard InChI is InChI=1S/C14H12FNO4/c15-12-4-2-9(5-11(12)14(19)20)16-7-8-1-3-10(17)6-13(8)18/h1-6,16-18H,7H2,(H,19,20). The number of benzene rings is 2. The molecule has 0 heterocycles. The van der Waals surface area contributed by atoms with E-state index in [9.17, 15) is 14.3 Å². The maximum Gasteiger partial charge on any atom is 0.338 e. The summed E-state index contributed by atoms with van der Waals surface area (Å²) in [5, 5.41) is 30.5. The first-order valence-electron chi connectivity index (χ1n) is 5.75. The molecule has 0 fully saturated rings. The summed E-state index contributed by atoms with van der Waals surface area (Å²) in [5.41, 5.74) is 0.505. The number of phenols is 2. The number of hydrogen-bond donors (Lipinski definition) is 4. The lowest BCUT2D eigenvalue weighted by Gasteiger charge is -2.09.